The second kappa shape index (κ2) is 6.37. The molecule has 5 nitrogen and oxygen atoms in total. The third-order valence-electron chi connectivity index (χ3n) is 4.58. The van der Waals surface area contributed by atoms with Crippen LogP contribution in [0.15, 0.2) is 34.9 Å². The molecule has 0 aliphatic heterocycles. The van der Waals surface area contributed by atoms with Crippen LogP contribution in [-0.2, 0) is 12.7 Å². The van der Waals surface area contributed by atoms with E-state index in [1.54, 1.807) is 13.0 Å². The normalized spacial score (nSPS) is 14.5. The SMILES string of the molecule is Cc1noc2nc(C3CC3)cc(C(=O)NCc3cccc(C(F)(F)F)c3)c12. The molecule has 4 rings (SSSR count). The molecule has 1 aliphatic carbocycles. The molecule has 8 heteroatoms. The Balaban J connectivity index is 1.59. The van der Waals surface area contributed by atoms with Crippen LogP contribution in [0.2, 0.25) is 0 Å². The van der Waals surface area contributed by atoms with E-state index in [4.69, 9.17) is 4.52 Å². The zero-order valence-electron chi connectivity index (χ0n) is 14.4. The van der Waals surface area contributed by atoms with Crippen molar-refractivity contribution in [3.63, 3.8) is 0 Å². The van der Waals surface area contributed by atoms with Gasteiger partial charge in [0.15, 0.2) is 0 Å². The second-order valence-electron chi connectivity index (χ2n) is 6.70. The number of hydrogen-bond acceptors (Lipinski definition) is 4. The summed E-state index contributed by atoms with van der Waals surface area (Å²) >= 11 is 0. The Kier molecular flexibility index (Phi) is 4.13. The van der Waals surface area contributed by atoms with Gasteiger partial charge >= 0.3 is 6.18 Å². The number of nitrogens with zero attached hydrogens (tertiary/aromatic N) is 2. The Labute approximate surface area is 152 Å². The summed E-state index contributed by atoms with van der Waals surface area (Å²) in [5.41, 5.74) is 1.64. The highest BCUT2D eigenvalue weighted by molar-refractivity contribution is 6.06. The molecule has 1 amide bonds. The van der Waals surface area contributed by atoms with Gasteiger partial charge in [0.2, 0.25) is 0 Å². The third kappa shape index (κ3) is 3.51. The van der Waals surface area contributed by atoms with Gasteiger partial charge in [0.05, 0.1) is 22.2 Å². The van der Waals surface area contributed by atoms with Gasteiger partial charge in [-0.2, -0.15) is 13.2 Å². The number of rotatable bonds is 4. The van der Waals surface area contributed by atoms with Crippen LogP contribution in [0.5, 0.6) is 0 Å². The van der Waals surface area contributed by atoms with Crippen LogP contribution in [-0.4, -0.2) is 16.0 Å². The van der Waals surface area contributed by atoms with Crippen molar-refractivity contribution < 1.29 is 22.5 Å². The lowest BCUT2D eigenvalue weighted by molar-refractivity contribution is -0.137. The summed E-state index contributed by atoms with van der Waals surface area (Å²) in [6.45, 7) is 1.70. The molecular weight excluding hydrogens is 359 g/mol. The van der Waals surface area contributed by atoms with E-state index in [0.29, 0.717) is 33.8 Å². The molecule has 0 unspecified atom stereocenters. The zero-order chi connectivity index (χ0) is 19.2. The molecule has 3 aromatic rings. The molecule has 27 heavy (non-hydrogen) atoms. The minimum Gasteiger partial charge on any atom is -0.348 e. The number of alkyl halides is 3. The largest absolute Gasteiger partial charge is 0.416 e. The summed E-state index contributed by atoms with van der Waals surface area (Å²) in [4.78, 5) is 17.2. The molecule has 0 radical (unpaired) electrons. The number of fused-ring (bicyclic) bond motifs is 1. The van der Waals surface area contributed by atoms with E-state index < -0.39 is 17.6 Å². The summed E-state index contributed by atoms with van der Waals surface area (Å²) in [5, 5.41) is 7.09. The molecule has 0 saturated heterocycles. The van der Waals surface area contributed by atoms with E-state index in [2.05, 4.69) is 15.5 Å². The maximum Gasteiger partial charge on any atom is 0.416 e. The van der Waals surface area contributed by atoms with Gasteiger partial charge in [-0.25, -0.2) is 4.98 Å². The quantitative estimate of drug-likeness (QED) is 0.736. The molecule has 2 aromatic heterocycles. The lowest BCUT2D eigenvalue weighted by Gasteiger charge is -2.10. The molecule has 1 aromatic carbocycles. The minimum atomic E-state index is -4.42. The van der Waals surface area contributed by atoms with Gasteiger partial charge in [0, 0.05) is 18.2 Å². The molecule has 1 fully saturated rings. The molecule has 2 heterocycles. The van der Waals surface area contributed by atoms with Gasteiger partial charge in [-0.3, -0.25) is 4.79 Å². The Hall–Kier alpha value is -2.90. The van der Waals surface area contributed by atoms with Crippen LogP contribution in [0.25, 0.3) is 11.1 Å². The highest BCUT2D eigenvalue weighted by Gasteiger charge is 2.31. The molecule has 0 spiro atoms. The Morgan fingerprint density at radius 3 is 2.78 bits per heavy atom. The Morgan fingerprint density at radius 2 is 2.07 bits per heavy atom. The van der Waals surface area contributed by atoms with Crippen molar-refractivity contribution in [3.05, 3.63) is 58.4 Å². The monoisotopic (exact) mass is 375 g/mol. The van der Waals surface area contributed by atoms with Crippen LogP contribution in [0, 0.1) is 6.92 Å². The van der Waals surface area contributed by atoms with Crippen LogP contribution in [0.1, 0.15) is 51.6 Å². The van der Waals surface area contributed by atoms with Crippen molar-refractivity contribution in [2.24, 2.45) is 0 Å². The van der Waals surface area contributed by atoms with Gasteiger partial charge in [0.1, 0.15) is 0 Å². The number of aromatic nitrogens is 2. The Morgan fingerprint density at radius 1 is 1.30 bits per heavy atom. The summed E-state index contributed by atoms with van der Waals surface area (Å²) in [5.74, 6) is -0.0807. The first kappa shape index (κ1) is 17.5. The van der Waals surface area contributed by atoms with Crippen molar-refractivity contribution in [1.82, 2.24) is 15.5 Å². The van der Waals surface area contributed by atoms with Crippen molar-refractivity contribution in [2.45, 2.75) is 38.4 Å². The fourth-order valence-corrected chi connectivity index (χ4v) is 3.02. The summed E-state index contributed by atoms with van der Waals surface area (Å²) < 4.78 is 43.7. The summed E-state index contributed by atoms with van der Waals surface area (Å²) in [6, 6.07) is 6.62. The highest BCUT2D eigenvalue weighted by atomic mass is 19.4. The number of carbonyl (C=O) groups is 1. The fraction of sp³-hybridized carbons (Fsp3) is 0.316. The highest BCUT2D eigenvalue weighted by Crippen LogP contribution is 2.40. The van der Waals surface area contributed by atoms with E-state index in [-0.39, 0.29) is 6.54 Å². The maximum atomic E-state index is 12.8. The molecule has 1 saturated carbocycles. The topological polar surface area (TPSA) is 68.0 Å². The molecule has 0 atom stereocenters. The van der Waals surface area contributed by atoms with Crippen molar-refractivity contribution >= 4 is 17.0 Å². The fourth-order valence-electron chi connectivity index (χ4n) is 3.02. The number of nitrogens with one attached hydrogen (secondary N) is 1. The molecular formula is C19H16F3N3O2. The number of amides is 1. The number of pyridine rings is 1. The third-order valence-corrected chi connectivity index (χ3v) is 4.58. The lowest BCUT2D eigenvalue weighted by atomic mass is 10.1. The van der Waals surface area contributed by atoms with Crippen molar-refractivity contribution in [2.75, 3.05) is 0 Å². The average Bonchev–Trinajstić information content (AvgIpc) is 3.42. The zero-order valence-corrected chi connectivity index (χ0v) is 14.4. The van der Waals surface area contributed by atoms with E-state index in [1.807, 2.05) is 0 Å². The van der Waals surface area contributed by atoms with Gasteiger partial charge in [-0.1, -0.05) is 17.3 Å². The van der Waals surface area contributed by atoms with E-state index >= 15 is 0 Å². The second-order valence-corrected chi connectivity index (χ2v) is 6.70. The van der Waals surface area contributed by atoms with Gasteiger partial charge in [0.25, 0.3) is 11.6 Å². The Bertz CT molecular complexity index is 1020. The number of halogens is 3. The predicted molar refractivity (Wildman–Crippen MR) is 91.1 cm³/mol. The van der Waals surface area contributed by atoms with Gasteiger partial charge in [-0.15, -0.1) is 0 Å². The van der Waals surface area contributed by atoms with Gasteiger partial charge < -0.3 is 9.84 Å². The van der Waals surface area contributed by atoms with Crippen molar-refractivity contribution in [1.29, 1.82) is 0 Å². The number of carbonyl (C=O) groups excluding carboxylic acids is 1. The number of benzene rings is 1. The number of hydrogen-bond donors (Lipinski definition) is 1. The van der Waals surface area contributed by atoms with Crippen molar-refractivity contribution in [3.8, 4) is 0 Å². The first-order valence-electron chi connectivity index (χ1n) is 8.54. The summed E-state index contributed by atoms with van der Waals surface area (Å²) in [6.07, 6.45) is -2.40. The standard InChI is InChI=1S/C19H16F3N3O2/c1-10-16-14(8-15(12-5-6-12)24-18(16)27-25-10)17(26)23-9-11-3-2-4-13(7-11)19(20,21)22/h2-4,7-8,12H,5-6,9H2,1H3,(H,23,26). The first-order valence-corrected chi connectivity index (χ1v) is 8.54. The van der Waals surface area contributed by atoms with Gasteiger partial charge in [-0.05, 0) is 43.5 Å². The van der Waals surface area contributed by atoms with Crippen LogP contribution < -0.4 is 5.32 Å². The van der Waals surface area contributed by atoms with Crippen LogP contribution >= 0.6 is 0 Å². The van der Waals surface area contributed by atoms with E-state index in [0.717, 1.165) is 30.7 Å². The van der Waals surface area contributed by atoms with Crippen LogP contribution in [0.4, 0.5) is 13.2 Å². The molecule has 1 aliphatic rings. The smallest absolute Gasteiger partial charge is 0.348 e. The van der Waals surface area contributed by atoms with E-state index in [1.165, 1.54) is 12.1 Å². The molecule has 1 N–H and O–H groups in total. The average molecular weight is 375 g/mol. The minimum absolute atomic E-state index is 0.0182. The van der Waals surface area contributed by atoms with Crippen LogP contribution in [0.3, 0.4) is 0 Å². The first-order chi connectivity index (χ1) is 12.8. The number of aryl methyl sites for hydroxylation is 1. The maximum absolute atomic E-state index is 12.8. The lowest BCUT2D eigenvalue weighted by Crippen LogP contribution is -2.23. The molecule has 140 valence electrons. The summed E-state index contributed by atoms with van der Waals surface area (Å²) in [7, 11) is 0. The molecule has 0 bridgehead atoms. The van der Waals surface area contributed by atoms with E-state index in [9.17, 15) is 18.0 Å². The predicted octanol–water partition coefficient (Wildman–Crippen LogP) is 4.36.